The molecule has 0 saturated carbocycles. The number of benzene rings is 1. The first kappa shape index (κ1) is 18.6. The van der Waals surface area contributed by atoms with E-state index in [9.17, 15) is 14.0 Å². The third kappa shape index (κ3) is 3.28. The van der Waals surface area contributed by atoms with Gasteiger partial charge in [0.1, 0.15) is 18.2 Å². The van der Waals surface area contributed by atoms with Crippen molar-refractivity contribution < 1.29 is 23.2 Å². The summed E-state index contributed by atoms with van der Waals surface area (Å²) in [6.07, 6.45) is 0. The molecule has 0 spiro atoms. The van der Waals surface area contributed by atoms with Gasteiger partial charge in [0.2, 0.25) is 5.91 Å². The van der Waals surface area contributed by atoms with Gasteiger partial charge in [0, 0.05) is 44.6 Å². The maximum atomic E-state index is 13.9. The van der Waals surface area contributed by atoms with Crippen LogP contribution < -0.4 is 0 Å². The predicted octanol–water partition coefficient (Wildman–Crippen LogP) is 2.04. The first-order valence-electron chi connectivity index (χ1n) is 9.24. The van der Waals surface area contributed by atoms with Crippen LogP contribution in [0.15, 0.2) is 34.9 Å². The van der Waals surface area contributed by atoms with Crippen molar-refractivity contribution in [3.8, 4) is 0 Å². The number of nitrogens with zero attached hydrogens (tertiary/aromatic N) is 3. The molecule has 148 valence electrons. The second-order valence-corrected chi connectivity index (χ2v) is 7.44. The van der Waals surface area contributed by atoms with E-state index in [4.69, 9.17) is 9.26 Å². The van der Waals surface area contributed by atoms with Crippen LogP contribution in [0.3, 0.4) is 0 Å². The maximum absolute atomic E-state index is 13.9. The van der Waals surface area contributed by atoms with E-state index in [1.165, 1.54) is 19.2 Å². The van der Waals surface area contributed by atoms with E-state index in [0.29, 0.717) is 25.4 Å². The molecule has 0 N–H and O–H groups in total. The summed E-state index contributed by atoms with van der Waals surface area (Å²) in [6.45, 7) is 3.23. The number of ether oxygens (including phenoxy) is 1. The lowest BCUT2D eigenvalue weighted by Gasteiger charge is -2.29. The molecule has 8 heteroatoms. The Bertz CT molecular complexity index is 899. The van der Waals surface area contributed by atoms with Crippen LogP contribution in [0.4, 0.5) is 4.39 Å². The van der Waals surface area contributed by atoms with Crippen molar-refractivity contribution in [2.75, 3.05) is 33.4 Å². The van der Waals surface area contributed by atoms with Crippen LogP contribution in [0.25, 0.3) is 0 Å². The van der Waals surface area contributed by atoms with E-state index < -0.39 is 0 Å². The summed E-state index contributed by atoms with van der Waals surface area (Å²) in [5.74, 6) is 0.0709. The van der Waals surface area contributed by atoms with Gasteiger partial charge < -0.3 is 19.1 Å². The Morgan fingerprint density at radius 3 is 2.79 bits per heavy atom. The molecule has 0 unspecified atom stereocenters. The van der Waals surface area contributed by atoms with Crippen molar-refractivity contribution in [2.45, 2.75) is 13.0 Å². The number of carbonyl (C=O) groups is 2. The number of hydrogen-bond donors (Lipinski definition) is 0. The van der Waals surface area contributed by atoms with Gasteiger partial charge in [-0.05, 0) is 24.6 Å². The summed E-state index contributed by atoms with van der Waals surface area (Å²) in [5, 5.41) is 3.81. The molecule has 2 fully saturated rings. The van der Waals surface area contributed by atoms with Crippen molar-refractivity contribution >= 4 is 11.8 Å². The number of hydrogen-bond acceptors (Lipinski definition) is 5. The largest absolute Gasteiger partial charge is 0.375 e. The first-order chi connectivity index (χ1) is 13.5. The smallest absolute Gasteiger partial charge is 0.276 e. The Morgan fingerprint density at radius 1 is 1.29 bits per heavy atom. The van der Waals surface area contributed by atoms with Crippen molar-refractivity contribution in [2.24, 2.45) is 11.8 Å². The van der Waals surface area contributed by atoms with Gasteiger partial charge in [-0.2, -0.15) is 0 Å². The van der Waals surface area contributed by atoms with E-state index in [2.05, 4.69) is 5.16 Å². The fourth-order valence-corrected chi connectivity index (χ4v) is 4.42. The molecule has 3 atom stereocenters. The van der Waals surface area contributed by atoms with Crippen LogP contribution in [0.1, 0.15) is 27.9 Å². The quantitative estimate of drug-likeness (QED) is 0.803. The zero-order valence-corrected chi connectivity index (χ0v) is 15.8. The molecule has 1 aromatic carbocycles. The monoisotopic (exact) mass is 387 g/mol. The van der Waals surface area contributed by atoms with Gasteiger partial charge in [0.25, 0.3) is 5.91 Å². The molecule has 2 amide bonds. The van der Waals surface area contributed by atoms with Crippen LogP contribution in [-0.2, 0) is 9.53 Å². The molecule has 2 saturated heterocycles. The predicted molar refractivity (Wildman–Crippen MR) is 96.9 cm³/mol. The molecule has 28 heavy (non-hydrogen) atoms. The van der Waals surface area contributed by atoms with E-state index in [-0.39, 0.29) is 47.8 Å². The van der Waals surface area contributed by atoms with Crippen LogP contribution in [0.2, 0.25) is 0 Å². The van der Waals surface area contributed by atoms with Gasteiger partial charge in [0.05, 0.1) is 6.04 Å². The highest BCUT2D eigenvalue weighted by molar-refractivity contribution is 5.92. The zero-order chi connectivity index (χ0) is 19.8. The lowest BCUT2D eigenvalue weighted by Crippen LogP contribution is -2.39. The number of aryl methyl sites for hydroxylation is 1. The van der Waals surface area contributed by atoms with E-state index in [1.807, 2.05) is 6.07 Å². The normalized spacial score (nSPS) is 23.9. The Kier molecular flexibility index (Phi) is 4.89. The molecule has 7 nitrogen and oxygen atoms in total. The summed E-state index contributed by atoms with van der Waals surface area (Å²) in [4.78, 5) is 28.8. The first-order valence-corrected chi connectivity index (χ1v) is 9.24. The highest BCUT2D eigenvalue weighted by atomic mass is 19.1. The number of methoxy groups -OCH3 is 1. The van der Waals surface area contributed by atoms with E-state index in [1.54, 1.807) is 28.9 Å². The highest BCUT2D eigenvalue weighted by Crippen LogP contribution is 2.45. The third-order valence-corrected chi connectivity index (χ3v) is 5.58. The number of rotatable bonds is 4. The molecule has 0 bridgehead atoms. The average Bonchev–Trinajstić information content (AvgIpc) is 3.35. The fourth-order valence-electron chi connectivity index (χ4n) is 4.42. The molecule has 2 aromatic rings. The maximum Gasteiger partial charge on any atom is 0.276 e. The number of fused-ring (bicyclic) bond motifs is 1. The van der Waals surface area contributed by atoms with Crippen LogP contribution >= 0.6 is 0 Å². The summed E-state index contributed by atoms with van der Waals surface area (Å²) in [7, 11) is 1.48. The average molecular weight is 387 g/mol. The Hall–Kier alpha value is -2.74. The molecule has 3 heterocycles. The van der Waals surface area contributed by atoms with Crippen LogP contribution in [0.5, 0.6) is 0 Å². The topological polar surface area (TPSA) is 75.9 Å². The van der Waals surface area contributed by atoms with Crippen molar-refractivity contribution in [3.05, 3.63) is 53.2 Å². The molecule has 1 aromatic heterocycles. The molecule has 2 aliphatic heterocycles. The molecule has 0 radical (unpaired) electrons. The number of carbonyl (C=O) groups excluding carboxylic acids is 2. The molecular formula is C20H22FN3O4. The van der Waals surface area contributed by atoms with Gasteiger partial charge >= 0.3 is 0 Å². The number of likely N-dealkylation sites (tertiary alicyclic amines) is 2. The minimum absolute atomic E-state index is 0.0217. The summed E-state index contributed by atoms with van der Waals surface area (Å²) in [6, 6.07) is 7.65. The summed E-state index contributed by atoms with van der Waals surface area (Å²) in [5.41, 5.74) is 1.02. The van der Waals surface area contributed by atoms with Crippen LogP contribution in [-0.4, -0.2) is 60.1 Å². The zero-order valence-electron chi connectivity index (χ0n) is 15.8. The Balaban J connectivity index is 1.60. The standard InChI is InChI=1S/C20H22FN3O4/c1-12-6-17(22-28-12)20(26)23-8-14-9-24(18(25)11-27-2)19(16(14)10-23)13-4-3-5-15(21)7-13/h3-7,14,16,19H,8-11H2,1-2H3/t14-,16-,19+/m1/s1. The number of amides is 2. The van der Waals surface area contributed by atoms with Gasteiger partial charge in [-0.15, -0.1) is 0 Å². The van der Waals surface area contributed by atoms with E-state index >= 15 is 0 Å². The van der Waals surface area contributed by atoms with Gasteiger partial charge in [-0.3, -0.25) is 9.59 Å². The van der Waals surface area contributed by atoms with Gasteiger partial charge in [-0.25, -0.2) is 4.39 Å². The highest BCUT2D eigenvalue weighted by Gasteiger charge is 2.50. The molecule has 4 rings (SSSR count). The minimum atomic E-state index is -0.343. The molecular weight excluding hydrogens is 365 g/mol. The SMILES string of the molecule is COCC(=O)N1C[C@H]2CN(C(=O)c3cc(C)on3)C[C@H]2[C@@H]1c1cccc(F)c1. The fraction of sp³-hybridized carbons (Fsp3) is 0.450. The van der Waals surface area contributed by atoms with Crippen molar-refractivity contribution in [3.63, 3.8) is 0 Å². The second kappa shape index (κ2) is 7.35. The van der Waals surface area contributed by atoms with Gasteiger partial charge in [0.15, 0.2) is 5.69 Å². The van der Waals surface area contributed by atoms with Crippen molar-refractivity contribution in [1.29, 1.82) is 0 Å². The van der Waals surface area contributed by atoms with E-state index in [0.717, 1.165) is 5.56 Å². The van der Waals surface area contributed by atoms with Crippen molar-refractivity contribution in [1.82, 2.24) is 15.0 Å². The minimum Gasteiger partial charge on any atom is -0.375 e. The van der Waals surface area contributed by atoms with Crippen LogP contribution in [0, 0.1) is 24.6 Å². The van der Waals surface area contributed by atoms with Gasteiger partial charge in [-0.1, -0.05) is 17.3 Å². The molecule has 0 aliphatic carbocycles. The Morgan fingerprint density at radius 2 is 2.11 bits per heavy atom. The molecule has 2 aliphatic rings. The Labute approximate surface area is 162 Å². The third-order valence-electron chi connectivity index (χ3n) is 5.58. The lowest BCUT2D eigenvalue weighted by atomic mass is 9.89. The second-order valence-electron chi connectivity index (χ2n) is 7.44. The lowest BCUT2D eigenvalue weighted by molar-refractivity contribution is -0.136. The number of aromatic nitrogens is 1. The number of halogens is 1. The summed E-state index contributed by atoms with van der Waals surface area (Å²) >= 11 is 0. The summed E-state index contributed by atoms with van der Waals surface area (Å²) < 4.78 is 23.9.